The number of anilines is 2. The van der Waals surface area contributed by atoms with Crippen molar-refractivity contribution in [1.82, 2.24) is 0 Å². The highest BCUT2D eigenvalue weighted by atomic mass is 32.2. The smallest absolute Gasteiger partial charge is 0.265 e. The normalized spacial score (nSPS) is 20.4. The molecule has 0 N–H and O–H groups in total. The quantitative estimate of drug-likeness (QED) is 0.668. The van der Waals surface area contributed by atoms with E-state index >= 15 is 0 Å². The molecule has 0 aromatic heterocycles. The van der Waals surface area contributed by atoms with E-state index in [1.54, 1.807) is 30.0 Å². The fourth-order valence-electron chi connectivity index (χ4n) is 4.54. The van der Waals surface area contributed by atoms with E-state index in [2.05, 4.69) is 0 Å². The Bertz CT molecular complexity index is 1230. The van der Waals surface area contributed by atoms with Crippen molar-refractivity contribution >= 4 is 38.1 Å². The number of amides is 1. The van der Waals surface area contributed by atoms with Crippen molar-refractivity contribution in [1.29, 1.82) is 0 Å². The van der Waals surface area contributed by atoms with Gasteiger partial charge in [0.05, 0.1) is 10.6 Å². The van der Waals surface area contributed by atoms with Gasteiger partial charge in [-0.25, -0.2) is 8.42 Å². The zero-order valence-electron chi connectivity index (χ0n) is 15.7. The Morgan fingerprint density at radius 3 is 2.46 bits per heavy atom. The maximum atomic E-state index is 13.5. The van der Waals surface area contributed by atoms with Crippen LogP contribution in [0, 0.1) is 0 Å². The molecule has 0 bridgehead atoms. The van der Waals surface area contributed by atoms with Crippen LogP contribution in [0.2, 0.25) is 0 Å². The van der Waals surface area contributed by atoms with E-state index in [1.165, 1.54) is 4.31 Å². The lowest BCUT2D eigenvalue weighted by Crippen LogP contribution is -2.50. The number of fused-ring (bicyclic) bond motifs is 1. The van der Waals surface area contributed by atoms with Crippen molar-refractivity contribution in [3.63, 3.8) is 0 Å². The van der Waals surface area contributed by atoms with Gasteiger partial charge >= 0.3 is 0 Å². The molecule has 2 aliphatic heterocycles. The van der Waals surface area contributed by atoms with Crippen molar-refractivity contribution in [2.45, 2.75) is 37.2 Å². The van der Waals surface area contributed by atoms with E-state index in [1.807, 2.05) is 49.4 Å². The number of benzene rings is 3. The Hall–Kier alpha value is -2.86. The van der Waals surface area contributed by atoms with Crippen LogP contribution in [0.1, 0.15) is 19.4 Å². The van der Waals surface area contributed by atoms with Crippen LogP contribution in [0.3, 0.4) is 0 Å². The molecule has 0 fully saturated rings. The first kappa shape index (κ1) is 17.3. The number of carbonyl (C=O) groups is 1. The average Bonchev–Trinajstić information content (AvgIpc) is 3.13. The third-order valence-electron chi connectivity index (χ3n) is 5.77. The number of carbonyl (C=O) groups excluding carboxylic acids is 1. The van der Waals surface area contributed by atoms with Crippen LogP contribution >= 0.6 is 0 Å². The van der Waals surface area contributed by atoms with Gasteiger partial charge in [-0.2, -0.15) is 0 Å². The number of para-hydroxylation sites is 1. The number of sulfonamides is 1. The third-order valence-corrected chi connectivity index (χ3v) is 7.70. The molecule has 0 radical (unpaired) electrons. The van der Waals surface area contributed by atoms with Gasteiger partial charge in [-0.3, -0.25) is 9.10 Å². The SMILES string of the molecule is C[C@@H]1Cc2ccccc2N1C(=O)[C@@H](C)N1c2cccc3cccc(c23)S1(=O)=O. The molecule has 142 valence electrons. The van der Waals surface area contributed by atoms with Crippen molar-refractivity contribution in [2.75, 3.05) is 9.21 Å². The number of hydrogen-bond donors (Lipinski definition) is 0. The summed E-state index contributed by atoms with van der Waals surface area (Å²) in [5, 5.41) is 1.56. The molecule has 0 unspecified atom stereocenters. The molecule has 3 aromatic carbocycles. The van der Waals surface area contributed by atoms with E-state index < -0.39 is 16.1 Å². The molecule has 28 heavy (non-hydrogen) atoms. The minimum Gasteiger partial charge on any atom is -0.307 e. The molecule has 6 heteroatoms. The predicted octanol–water partition coefficient (Wildman–Crippen LogP) is 3.71. The fourth-order valence-corrected chi connectivity index (χ4v) is 6.40. The third kappa shape index (κ3) is 2.18. The van der Waals surface area contributed by atoms with Gasteiger partial charge in [-0.05, 0) is 49.4 Å². The lowest BCUT2D eigenvalue weighted by atomic mass is 10.1. The highest BCUT2D eigenvalue weighted by molar-refractivity contribution is 7.93. The summed E-state index contributed by atoms with van der Waals surface area (Å²) in [6, 6.07) is 17.7. The molecule has 2 atom stereocenters. The van der Waals surface area contributed by atoms with Gasteiger partial charge < -0.3 is 4.90 Å². The molecule has 1 amide bonds. The first-order valence-electron chi connectivity index (χ1n) is 9.38. The predicted molar refractivity (Wildman–Crippen MR) is 110 cm³/mol. The molecular formula is C22H20N2O3S. The van der Waals surface area contributed by atoms with Gasteiger partial charge in [0.25, 0.3) is 15.9 Å². The summed E-state index contributed by atoms with van der Waals surface area (Å²) in [6.07, 6.45) is 0.775. The van der Waals surface area contributed by atoms with Crippen LogP contribution in [0.15, 0.2) is 65.6 Å². The van der Waals surface area contributed by atoms with E-state index in [0.717, 1.165) is 23.1 Å². The van der Waals surface area contributed by atoms with Crippen molar-refractivity contribution < 1.29 is 13.2 Å². The Labute approximate surface area is 164 Å². The summed E-state index contributed by atoms with van der Waals surface area (Å²) in [5.74, 6) is -0.203. The van der Waals surface area contributed by atoms with Gasteiger partial charge in [0.15, 0.2) is 0 Å². The van der Waals surface area contributed by atoms with Crippen LogP contribution in [0.4, 0.5) is 11.4 Å². The minimum atomic E-state index is -3.78. The number of rotatable bonds is 2. The Kier molecular flexibility index (Phi) is 3.58. The van der Waals surface area contributed by atoms with Crippen LogP contribution in [-0.4, -0.2) is 26.4 Å². The van der Waals surface area contributed by atoms with Gasteiger partial charge in [-0.15, -0.1) is 0 Å². The topological polar surface area (TPSA) is 57.7 Å². The van der Waals surface area contributed by atoms with Gasteiger partial charge in [0.2, 0.25) is 0 Å². The Morgan fingerprint density at radius 1 is 1.00 bits per heavy atom. The lowest BCUT2D eigenvalue weighted by molar-refractivity contribution is -0.119. The lowest BCUT2D eigenvalue weighted by Gasteiger charge is -2.31. The summed E-state index contributed by atoms with van der Waals surface area (Å²) in [6.45, 7) is 3.68. The van der Waals surface area contributed by atoms with E-state index in [0.29, 0.717) is 11.1 Å². The molecule has 0 aliphatic carbocycles. The Balaban J connectivity index is 1.61. The van der Waals surface area contributed by atoms with Gasteiger partial charge in [0.1, 0.15) is 6.04 Å². The van der Waals surface area contributed by atoms with Crippen LogP contribution < -0.4 is 9.21 Å². The molecule has 2 aliphatic rings. The molecule has 5 rings (SSSR count). The molecule has 2 heterocycles. The summed E-state index contributed by atoms with van der Waals surface area (Å²) in [7, 11) is -3.78. The molecule has 0 saturated carbocycles. The fraction of sp³-hybridized carbons (Fsp3) is 0.227. The first-order valence-corrected chi connectivity index (χ1v) is 10.8. The zero-order valence-corrected chi connectivity index (χ0v) is 16.5. The van der Waals surface area contributed by atoms with E-state index in [9.17, 15) is 13.2 Å². The van der Waals surface area contributed by atoms with Crippen molar-refractivity contribution in [3.05, 3.63) is 66.2 Å². The molecule has 5 nitrogen and oxygen atoms in total. The first-order chi connectivity index (χ1) is 13.4. The molecule has 0 spiro atoms. The maximum absolute atomic E-state index is 13.5. The van der Waals surface area contributed by atoms with Gasteiger partial charge in [-0.1, -0.05) is 42.5 Å². The number of hydrogen-bond acceptors (Lipinski definition) is 3. The summed E-state index contributed by atoms with van der Waals surface area (Å²) in [4.78, 5) is 15.5. The minimum absolute atomic E-state index is 0.00387. The molecule has 3 aromatic rings. The monoisotopic (exact) mass is 392 g/mol. The van der Waals surface area contributed by atoms with E-state index in [4.69, 9.17) is 0 Å². The molecular weight excluding hydrogens is 372 g/mol. The second kappa shape index (κ2) is 5.82. The average molecular weight is 392 g/mol. The standard InChI is InChI=1S/C22H20N2O3S/c1-14-13-17-7-3-4-10-18(17)23(14)22(25)15(2)24-19-11-5-8-16-9-6-12-20(21(16)19)28(24,26)27/h3-12,14-15H,13H2,1-2H3/t14-,15-/m1/s1. The Morgan fingerprint density at radius 2 is 1.68 bits per heavy atom. The van der Waals surface area contributed by atoms with Crippen molar-refractivity contribution in [3.8, 4) is 0 Å². The second-order valence-electron chi connectivity index (χ2n) is 7.50. The summed E-state index contributed by atoms with van der Waals surface area (Å²) < 4.78 is 27.9. The van der Waals surface area contributed by atoms with Gasteiger partial charge in [0, 0.05) is 17.1 Å². The zero-order chi connectivity index (χ0) is 19.6. The summed E-state index contributed by atoms with van der Waals surface area (Å²) in [5.41, 5.74) is 2.57. The van der Waals surface area contributed by atoms with Crippen molar-refractivity contribution in [2.24, 2.45) is 0 Å². The highest BCUT2D eigenvalue weighted by Gasteiger charge is 2.43. The van der Waals surface area contributed by atoms with Crippen LogP contribution in [0.5, 0.6) is 0 Å². The second-order valence-corrected chi connectivity index (χ2v) is 9.28. The van der Waals surface area contributed by atoms with Crippen LogP contribution in [-0.2, 0) is 21.2 Å². The largest absolute Gasteiger partial charge is 0.307 e. The van der Waals surface area contributed by atoms with E-state index in [-0.39, 0.29) is 16.8 Å². The maximum Gasteiger partial charge on any atom is 0.265 e. The molecule has 0 saturated heterocycles. The summed E-state index contributed by atoms with van der Waals surface area (Å²) >= 11 is 0. The number of nitrogens with zero attached hydrogens (tertiary/aromatic N) is 2. The van der Waals surface area contributed by atoms with Crippen LogP contribution in [0.25, 0.3) is 10.8 Å². The highest BCUT2D eigenvalue weighted by Crippen LogP contribution is 2.44.